The van der Waals surface area contributed by atoms with Crippen molar-refractivity contribution in [2.24, 2.45) is 0 Å². The zero-order valence-corrected chi connectivity index (χ0v) is 12.0. The Bertz CT molecular complexity index is 656. The topological polar surface area (TPSA) is 12.0 Å². The average molecular weight is 338 g/mol. The van der Waals surface area contributed by atoms with Gasteiger partial charge >= 0.3 is 6.18 Å². The van der Waals surface area contributed by atoms with Crippen LogP contribution in [0, 0.1) is 5.82 Å². The van der Waals surface area contributed by atoms with Crippen LogP contribution in [0.3, 0.4) is 0 Å². The van der Waals surface area contributed by atoms with Crippen LogP contribution in [0.4, 0.5) is 23.2 Å². The molecule has 2 aromatic carbocycles. The summed E-state index contributed by atoms with van der Waals surface area (Å²) in [5.74, 6) is -0.495. The molecule has 0 aliphatic carbocycles. The van der Waals surface area contributed by atoms with E-state index in [1.54, 1.807) is 0 Å². The third-order valence-corrected chi connectivity index (χ3v) is 3.17. The van der Waals surface area contributed by atoms with Crippen molar-refractivity contribution in [3.05, 3.63) is 63.4 Å². The second kappa shape index (κ2) is 6.12. The summed E-state index contributed by atoms with van der Waals surface area (Å²) in [4.78, 5) is 0. The van der Waals surface area contributed by atoms with Crippen LogP contribution >= 0.6 is 23.2 Å². The zero-order valence-electron chi connectivity index (χ0n) is 10.4. The summed E-state index contributed by atoms with van der Waals surface area (Å²) >= 11 is 11.4. The summed E-state index contributed by atoms with van der Waals surface area (Å²) < 4.78 is 51.5. The number of hydrogen-bond acceptors (Lipinski definition) is 1. The molecule has 0 fully saturated rings. The normalized spacial score (nSPS) is 11.5. The van der Waals surface area contributed by atoms with Gasteiger partial charge in [0.25, 0.3) is 0 Å². The van der Waals surface area contributed by atoms with Gasteiger partial charge in [-0.25, -0.2) is 4.39 Å². The highest BCUT2D eigenvalue weighted by Gasteiger charge is 2.31. The molecule has 1 N–H and O–H groups in total. The number of hydrogen-bond donors (Lipinski definition) is 1. The van der Waals surface area contributed by atoms with Gasteiger partial charge in [0.1, 0.15) is 5.82 Å². The summed E-state index contributed by atoms with van der Waals surface area (Å²) in [6, 6.07) is 7.05. The first-order valence-electron chi connectivity index (χ1n) is 5.81. The van der Waals surface area contributed by atoms with E-state index < -0.39 is 17.6 Å². The smallest absolute Gasteiger partial charge is 0.381 e. The van der Waals surface area contributed by atoms with E-state index in [-0.39, 0.29) is 22.8 Å². The summed E-state index contributed by atoms with van der Waals surface area (Å²) in [5.41, 5.74) is -0.477. The first-order valence-corrected chi connectivity index (χ1v) is 6.57. The van der Waals surface area contributed by atoms with Crippen LogP contribution in [-0.2, 0) is 12.7 Å². The molecule has 0 spiro atoms. The number of halogens is 6. The highest BCUT2D eigenvalue weighted by molar-refractivity contribution is 6.31. The van der Waals surface area contributed by atoms with Crippen LogP contribution in [0.25, 0.3) is 0 Å². The molecule has 0 bridgehead atoms. The van der Waals surface area contributed by atoms with Gasteiger partial charge in [-0.3, -0.25) is 0 Å². The quantitative estimate of drug-likeness (QED) is 0.701. The molecule has 1 nitrogen and oxygen atoms in total. The van der Waals surface area contributed by atoms with Gasteiger partial charge in [0, 0.05) is 27.8 Å². The Balaban J connectivity index is 2.20. The molecule has 112 valence electrons. The first kappa shape index (κ1) is 15.9. The van der Waals surface area contributed by atoms with Crippen molar-refractivity contribution in [1.29, 1.82) is 0 Å². The highest BCUT2D eigenvalue weighted by Crippen LogP contribution is 2.33. The molecular weight excluding hydrogens is 329 g/mol. The van der Waals surface area contributed by atoms with Crippen molar-refractivity contribution >= 4 is 28.9 Å². The lowest BCUT2D eigenvalue weighted by atomic mass is 10.1. The first-order chi connectivity index (χ1) is 9.75. The molecular formula is C14H9Cl2F4N. The van der Waals surface area contributed by atoms with Crippen molar-refractivity contribution < 1.29 is 17.6 Å². The fourth-order valence-electron chi connectivity index (χ4n) is 1.73. The molecule has 2 aromatic rings. The van der Waals surface area contributed by atoms with E-state index in [9.17, 15) is 17.6 Å². The second-order valence-electron chi connectivity index (χ2n) is 4.32. The van der Waals surface area contributed by atoms with Crippen LogP contribution in [0.15, 0.2) is 36.4 Å². The van der Waals surface area contributed by atoms with E-state index in [4.69, 9.17) is 23.2 Å². The number of rotatable bonds is 3. The predicted octanol–water partition coefficient (Wildman–Crippen LogP) is 5.76. The Morgan fingerprint density at radius 1 is 0.952 bits per heavy atom. The fraction of sp³-hybridized carbons (Fsp3) is 0.143. The van der Waals surface area contributed by atoms with Crippen LogP contribution in [-0.4, -0.2) is 0 Å². The number of benzene rings is 2. The molecule has 0 heterocycles. The van der Waals surface area contributed by atoms with Crippen LogP contribution in [0.1, 0.15) is 11.1 Å². The molecule has 2 rings (SSSR count). The van der Waals surface area contributed by atoms with Gasteiger partial charge in [-0.1, -0.05) is 23.2 Å². The number of alkyl halides is 3. The van der Waals surface area contributed by atoms with Crippen LogP contribution in [0.2, 0.25) is 10.0 Å². The van der Waals surface area contributed by atoms with Gasteiger partial charge in [0.05, 0.1) is 5.56 Å². The molecule has 0 atom stereocenters. The van der Waals surface area contributed by atoms with Crippen molar-refractivity contribution in [1.82, 2.24) is 0 Å². The molecule has 0 aliphatic rings. The van der Waals surface area contributed by atoms with Gasteiger partial charge in [-0.2, -0.15) is 13.2 Å². The molecule has 0 saturated heterocycles. The minimum absolute atomic E-state index is 0.00989. The van der Waals surface area contributed by atoms with E-state index in [0.29, 0.717) is 5.02 Å². The van der Waals surface area contributed by atoms with Gasteiger partial charge in [0.15, 0.2) is 0 Å². The maximum atomic E-state index is 13.5. The maximum absolute atomic E-state index is 13.5. The predicted molar refractivity (Wildman–Crippen MR) is 75.2 cm³/mol. The molecule has 0 radical (unpaired) electrons. The number of anilines is 1. The van der Waals surface area contributed by atoms with Crippen molar-refractivity contribution in [3.8, 4) is 0 Å². The fourth-order valence-corrected chi connectivity index (χ4v) is 2.16. The maximum Gasteiger partial charge on any atom is 0.416 e. The Morgan fingerprint density at radius 2 is 1.67 bits per heavy atom. The summed E-state index contributed by atoms with van der Waals surface area (Å²) in [5, 5.41) is 2.99. The molecule has 0 aromatic heterocycles. The lowest BCUT2D eigenvalue weighted by Gasteiger charge is -2.12. The third-order valence-electron chi connectivity index (χ3n) is 2.72. The second-order valence-corrected chi connectivity index (χ2v) is 5.19. The Labute approximate surface area is 128 Å². The van der Waals surface area contributed by atoms with Crippen molar-refractivity contribution in [2.45, 2.75) is 12.7 Å². The van der Waals surface area contributed by atoms with E-state index in [1.807, 2.05) is 0 Å². The standard InChI is InChI=1S/C14H9Cl2F4N/c15-10-1-2-13(17)8(3-10)7-21-12-5-9(14(18,19)20)4-11(16)6-12/h1-6,21H,7H2. The number of nitrogens with one attached hydrogen (secondary N) is 1. The van der Waals surface area contributed by atoms with E-state index >= 15 is 0 Å². The summed E-state index contributed by atoms with van der Waals surface area (Å²) in [6.07, 6.45) is -4.50. The van der Waals surface area contributed by atoms with Gasteiger partial charge < -0.3 is 5.32 Å². The Kier molecular flexibility index (Phi) is 4.64. The molecule has 21 heavy (non-hydrogen) atoms. The average Bonchev–Trinajstić information content (AvgIpc) is 2.38. The Morgan fingerprint density at radius 3 is 2.33 bits per heavy atom. The van der Waals surface area contributed by atoms with Crippen molar-refractivity contribution in [2.75, 3.05) is 5.32 Å². The third kappa shape index (κ3) is 4.25. The van der Waals surface area contributed by atoms with Crippen molar-refractivity contribution in [3.63, 3.8) is 0 Å². The zero-order chi connectivity index (χ0) is 15.6. The monoisotopic (exact) mass is 337 g/mol. The Hall–Kier alpha value is -1.46. The minimum atomic E-state index is -4.50. The minimum Gasteiger partial charge on any atom is -0.381 e. The summed E-state index contributed by atoms with van der Waals surface area (Å²) in [6.45, 7) is -0.00989. The van der Waals surface area contributed by atoms with Gasteiger partial charge in [-0.15, -0.1) is 0 Å². The molecule has 0 unspecified atom stereocenters. The van der Waals surface area contributed by atoms with Gasteiger partial charge in [0.2, 0.25) is 0 Å². The highest BCUT2D eigenvalue weighted by atomic mass is 35.5. The molecule has 0 saturated carbocycles. The van der Waals surface area contributed by atoms with E-state index in [2.05, 4.69) is 5.32 Å². The van der Waals surface area contributed by atoms with E-state index in [0.717, 1.165) is 12.1 Å². The summed E-state index contributed by atoms with van der Waals surface area (Å²) in [7, 11) is 0. The lowest BCUT2D eigenvalue weighted by Crippen LogP contribution is -2.07. The molecule has 0 aliphatic heterocycles. The largest absolute Gasteiger partial charge is 0.416 e. The SMILES string of the molecule is Fc1ccc(Cl)cc1CNc1cc(Cl)cc(C(F)(F)F)c1. The van der Waals surface area contributed by atoms with Gasteiger partial charge in [-0.05, 0) is 36.4 Å². The molecule has 7 heteroatoms. The lowest BCUT2D eigenvalue weighted by molar-refractivity contribution is -0.137. The van der Waals surface area contributed by atoms with Crippen LogP contribution in [0.5, 0.6) is 0 Å². The molecule has 0 amide bonds. The van der Waals surface area contributed by atoms with E-state index in [1.165, 1.54) is 24.3 Å². The van der Waals surface area contributed by atoms with Crippen LogP contribution < -0.4 is 5.32 Å².